The van der Waals surface area contributed by atoms with Crippen LogP contribution in [0.3, 0.4) is 0 Å². The minimum absolute atomic E-state index is 0.220. The van der Waals surface area contributed by atoms with Gasteiger partial charge in [0, 0.05) is 22.6 Å². The van der Waals surface area contributed by atoms with Crippen molar-refractivity contribution in [2.45, 2.75) is 25.2 Å². The van der Waals surface area contributed by atoms with Gasteiger partial charge in [0.25, 0.3) is 0 Å². The summed E-state index contributed by atoms with van der Waals surface area (Å²) in [6, 6.07) is 15.9. The highest BCUT2D eigenvalue weighted by Crippen LogP contribution is 2.24. The lowest BCUT2D eigenvalue weighted by molar-refractivity contribution is 0.0989. The molecule has 0 atom stereocenters. The number of hydrogen-bond acceptors (Lipinski definition) is 2. The van der Waals surface area contributed by atoms with Gasteiger partial charge in [0.2, 0.25) is 0 Å². The first-order valence-corrected chi connectivity index (χ1v) is 7.43. The second-order valence-corrected chi connectivity index (χ2v) is 5.79. The predicted molar refractivity (Wildman–Crippen MR) is 82.0 cm³/mol. The molecule has 2 rings (SSSR count). The quantitative estimate of drug-likeness (QED) is 0.580. The lowest BCUT2D eigenvalue weighted by Crippen LogP contribution is -2.00. The molecular weight excluding hydrogens is 252 g/mol. The third-order valence-corrected chi connectivity index (χ3v) is 4.19. The van der Waals surface area contributed by atoms with Crippen molar-refractivity contribution in [3.05, 3.63) is 65.2 Å². The molecule has 0 aliphatic carbocycles. The average Bonchev–Trinajstić information content (AvgIpc) is 2.42. The zero-order chi connectivity index (χ0) is 13.7. The van der Waals surface area contributed by atoms with E-state index in [1.165, 1.54) is 16.0 Å². The van der Waals surface area contributed by atoms with Gasteiger partial charge in [-0.05, 0) is 25.5 Å². The molecule has 0 bridgehead atoms. The molecule has 19 heavy (non-hydrogen) atoms. The van der Waals surface area contributed by atoms with E-state index in [1.807, 2.05) is 30.3 Å². The van der Waals surface area contributed by atoms with Crippen LogP contribution in [-0.4, -0.2) is 11.5 Å². The summed E-state index contributed by atoms with van der Waals surface area (Å²) in [6.45, 7) is 4.22. The van der Waals surface area contributed by atoms with Gasteiger partial charge in [-0.3, -0.25) is 4.79 Å². The smallest absolute Gasteiger partial charge is 0.163 e. The van der Waals surface area contributed by atoms with E-state index in [0.717, 1.165) is 11.3 Å². The van der Waals surface area contributed by atoms with E-state index >= 15 is 0 Å². The largest absolute Gasteiger partial charge is 0.294 e. The molecule has 0 fully saturated rings. The molecule has 0 amide bonds. The average molecular weight is 270 g/mol. The minimum atomic E-state index is 0.220. The number of aryl methyl sites for hydroxylation is 2. The summed E-state index contributed by atoms with van der Waals surface area (Å²) in [4.78, 5) is 13.2. The molecule has 0 saturated heterocycles. The highest BCUT2D eigenvalue weighted by Gasteiger charge is 2.06. The first kappa shape index (κ1) is 13.9. The van der Waals surface area contributed by atoms with Crippen LogP contribution in [0.2, 0.25) is 0 Å². The van der Waals surface area contributed by atoms with Gasteiger partial charge in [-0.25, -0.2) is 0 Å². The summed E-state index contributed by atoms with van der Waals surface area (Å²) < 4.78 is 0. The summed E-state index contributed by atoms with van der Waals surface area (Å²) in [6.07, 6.45) is 0.585. The molecule has 1 nitrogen and oxygen atoms in total. The van der Waals surface area contributed by atoms with Crippen molar-refractivity contribution in [3.63, 3.8) is 0 Å². The van der Waals surface area contributed by atoms with Crippen LogP contribution in [0.5, 0.6) is 0 Å². The standard InChI is InChI=1S/C17H18OS/c1-13-8-9-17(14(2)12-13)19-11-10-16(18)15-6-4-3-5-7-15/h3-9,12H,10-11H2,1-2H3. The van der Waals surface area contributed by atoms with Crippen LogP contribution in [-0.2, 0) is 0 Å². The second kappa shape index (κ2) is 6.58. The third-order valence-electron chi connectivity index (χ3n) is 3.01. The highest BCUT2D eigenvalue weighted by atomic mass is 32.2. The Morgan fingerprint density at radius 3 is 2.47 bits per heavy atom. The zero-order valence-corrected chi connectivity index (χ0v) is 12.2. The Morgan fingerprint density at radius 1 is 1.05 bits per heavy atom. The molecular formula is C17H18OS. The third kappa shape index (κ3) is 3.97. The molecule has 0 radical (unpaired) electrons. The van der Waals surface area contributed by atoms with Crippen LogP contribution in [0.25, 0.3) is 0 Å². The van der Waals surface area contributed by atoms with Gasteiger partial charge in [-0.1, -0.05) is 48.0 Å². The molecule has 2 aromatic carbocycles. The highest BCUT2D eigenvalue weighted by molar-refractivity contribution is 7.99. The first-order valence-electron chi connectivity index (χ1n) is 6.45. The Balaban J connectivity index is 1.88. The maximum Gasteiger partial charge on any atom is 0.163 e. The van der Waals surface area contributed by atoms with Crippen LogP contribution in [0.15, 0.2) is 53.4 Å². The maximum atomic E-state index is 12.0. The van der Waals surface area contributed by atoms with Crippen LogP contribution in [0.1, 0.15) is 27.9 Å². The van der Waals surface area contributed by atoms with Gasteiger partial charge in [-0.15, -0.1) is 11.8 Å². The molecule has 0 aliphatic heterocycles. The van der Waals surface area contributed by atoms with E-state index in [9.17, 15) is 4.79 Å². The number of carbonyl (C=O) groups excluding carboxylic acids is 1. The van der Waals surface area contributed by atoms with Crippen molar-refractivity contribution in [2.75, 3.05) is 5.75 Å². The zero-order valence-electron chi connectivity index (χ0n) is 11.3. The van der Waals surface area contributed by atoms with Crippen molar-refractivity contribution in [1.29, 1.82) is 0 Å². The number of hydrogen-bond donors (Lipinski definition) is 0. The summed E-state index contributed by atoms with van der Waals surface area (Å²) in [5.74, 6) is 1.05. The Bertz CT molecular complexity index is 561. The number of benzene rings is 2. The van der Waals surface area contributed by atoms with Crippen LogP contribution >= 0.6 is 11.8 Å². The second-order valence-electron chi connectivity index (χ2n) is 4.66. The summed E-state index contributed by atoms with van der Waals surface area (Å²) in [5.41, 5.74) is 3.38. The van der Waals surface area contributed by atoms with Gasteiger partial charge < -0.3 is 0 Å². The molecule has 0 N–H and O–H groups in total. The van der Waals surface area contributed by atoms with Crippen LogP contribution in [0.4, 0.5) is 0 Å². The Morgan fingerprint density at radius 2 is 1.79 bits per heavy atom. The number of rotatable bonds is 5. The van der Waals surface area contributed by atoms with Gasteiger partial charge in [0.05, 0.1) is 0 Å². The Labute approximate surface area is 119 Å². The Hall–Kier alpha value is -1.54. The lowest BCUT2D eigenvalue weighted by atomic mass is 10.1. The molecule has 0 spiro atoms. The van der Waals surface area contributed by atoms with E-state index in [-0.39, 0.29) is 5.78 Å². The van der Waals surface area contributed by atoms with Crippen LogP contribution in [0, 0.1) is 13.8 Å². The number of thioether (sulfide) groups is 1. The predicted octanol–water partition coefficient (Wildman–Crippen LogP) is 4.67. The number of carbonyl (C=O) groups is 1. The summed E-state index contributed by atoms with van der Waals surface area (Å²) >= 11 is 1.76. The molecule has 0 heterocycles. The van der Waals surface area contributed by atoms with Gasteiger partial charge in [-0.2, -0.15) is 0 Å². The normalized spacial score (nSPS) is 10.4. The monoisotopic (exact) mass is 270 g/mol. The van der Waals surface area contributed by atoms with Crippen molar-refractivity contribution in [1.82, 2.24) is 0 Å². The van der Waals surface area contributed by atoms with Crippen LogP contribution < -0.4 is 0 Å². The molecule has 2 aromatic rings. The molecule has 0 aromatic heterocycles. The molecule has 2 heteroatoms. The lowest BCUT2D eigenvalue weighted by Gasteiger charge is -2.06. The number of Topliss-reactive ketones (excluding diaryl/α,β-unsaturated/α-hetero) is 1. The molecule has 98 valence electrons. The van der Waals surface area contributed by atoms with E-state index in [1.54, 1.807) is 11.8 Å². The molecule has 0 aliphatic rings. The SMILES string of the molecule is Cc1ccc(SCCC(=O)c2ccccc2)c(C)c1. The van der Waals surface area contributed by atoms with Crippen molar-refractivity contribution in [2.24, 2.45) is 0 Å². The van der Waals surface area contributed by atoms with E-state index in [0.29, 0.717) is 6.42 Å². The van der Waals surface area contributed by atoms with Crippen molar-refractivity contribution < 1.29 is 4.79 Å². The molecule has 0 saturated carbocycles. The van der Waals surface area contributed by atoms with Gasteiger partial charge in [0.1, 0.15) is 0 Å². The summed E-state index contributed by atoms with van der Waals surface area (Å²) in [7, 11) is 0. The molecule has 0 unspecified atom stereocenters. The Kier molecular flexibility index (Phi) is 4.80. The fraction of sp³-hybridized carbons (Fsp3) is 0.235. The van der Waals surface area contributed by atoms with E-state index in [2.05, 4.69) is 32.0 Å². The fourth-order valence-corrected chi connectivity index (χ4v) is 2.94. The fourth-order valence-electron chi connectivity index (χ4n) is 1.98. The van der Waals surface area contributed by atoms with Gasteiger partial charge in [0.15, 0.2) is 5.78 Å². The maximum absolute atomic E-state index is 12.0. The van der Waals surface area contributed by atoms with Gasteiger partial charge >= 0.3 is 0 Å². The summed E-state index contributed by atoms with van der Waals surface area (Å²) in [5, 5.41) is 0. The van der Waals surface area contributed by atoms with E-state index in [4.69, 9.17) is 0 Å². The van der Waals surface area contributed by atoms with Crippen molar-refractivity contribution in [3.8, 4) is 0 Å². The number of ketones is 1. The topological polar surface area (TPSA) is 17.1 Å². The van der Waals surface area contributed by atoms with E-state index < -0.39 is 0 Å². The minimum Gasteiger partial charge on any atom is -0.294 e. The first-order chi connectivity index (χ1) is 9.16. The van der Waals surface area contributed by atoms with Crippen molar-refractivity contribution >= 4 is 17.5 Å².